The summed E-state index contributed by atoms with van der Waals surface area (Å²) < 4.78 is 0. The predicted molar refractivity (Wildman–Crippen MR) is 137 cm³/mol. The van der Waals surface area contributed by atoms with Crippen LogP contribution in [0.1, 0.15) is 92.9 Å². The van der Waals surface area contributed by atoms with Crippen LogP contribution in [0.5, 0.6) is 0 Å². The summed E-state index contributed by atoms with van der Waals surface area (Å²) in [6, 6.07) is 0. The molecule has 0 radical (unpaired) electrons. The average molecular weight is 505 g/mol. The summed E-state index contributed by atoms with van der Waals surface area (Å²) in [4.78, 5) is 12.8. The Morgan fingerprint density at radius 2 is 1.58 bits per heavy atom. The van der Waals surface area contributed by atoms with E-state index >= 15 is 0 Å². The second kappa shape index (κ2) is 7.80. The zero-order valence-corrected chi connectivity index (χ0v) is 23.0. The maximum Gasteiger partial charge on any atom is 0.313 e. The predicted octanol–water partition coefficient (Wildman–Crippen LogP) is 4.15. The smallest absolute Gasteiger partial charge is 0.313 e. The first-order valence-electron chi connectivity index (χ1n) is 14.2. The fraction of sp³-hybridized carbons (Fsp3) is 0.900. The molecule has 5 aliphatic rings. The molecule has 0 amide bonds. The highest BCUT2D eigenvalue weighted by molar-refractivity contribution is 5.78. The standard InChI is InChI=1S/C30H48O6/c1-25(2)15-18-17-7-8-20-26(3)11-10-21(32)27(4,16-31)19(26)9-12-29(20,6)28(17,5)13-14-30(18,24(35)36)23(34)22(25)33/h7,18-23,31-34H,8-16H2,1-6H3,(H,35,36). The van der Waals surface area contributed by atoms with Crippen molar-refractivity contribution >= 4 is 5.97 Å². The van der Waals surface area contributed by atoms with Crippen LogP contribution in [0.15, 0.2) is 11.6 Å². The molecule has 6 heteroatoms. The van der Waals surface area contributed by atoms with Crippen molar-refractivity contribution < 1.29 is 30.3 Å². The fourth-order valence-electron chi connectivity index (χ4n) is 10.8. The molecule has 0 bridgehead atoms. The van der Waals surface area contributed by atoms with Crippen LogP contribution in [0, 0.1) is 50.2 Å². The molecule has 11 atom stereocenters. The summed E-state index contributed by atoms with van der Waals surface area (Å²) in [5.74, 6) is -0.676. The number of rotatable bonds is 2. The molecule has 0 aliphatic heterocycles. The first-order chi connectivity index (χ1) is 16.6. The van der Waals surface area contributed by atoms with E-state index in [9.17, 15) is 30.3 Å². The van der Waals surface area contributed by atoms with Gasteiger partial charge in [-0.15, -0.1) is 0 Å². The summed E-state index contributed by atoms with van der Waals surface area (Å²) in [5, 5.41) is 54.1. The van der Waals surface area contributed by atoms with E-state index in [1.54, 1.807) is 0 Å². The summed E-state index contributed by atoms with van der Waals surface area (Å²) in [6.45, 7) is 13.1. The van der Waals surface area contributed by atoms with Crippen molar-refractivity contribution in [2.45, 2.75) is 111 Å². The Bertz CT molecular complexity index is 974. The molecule has 0 heterocycles. The lowest BCUT2D eigenvalue weighted by atomic mass is 9.33. The number of carbonyl (C=O) groups is 1. The number of allylic oxidation sites excluding steroid dienone is 2. The molecule has 0 saturated heterocycles. The summed E-state index contributed by atoms with van der Waals surface area (Å²) in [5.41, 5.74) is -1.50. The van der Waals surface area contributed by atoms with E-state index in [1.807, 2.05) is 13.8 Å². The zero-order valence-electron chi connectivity index (χ0n) is 23.0. The molecule has 5 N–H and O–H groups in total. The fourth-order valence-corrected chi connectivity index (χ4v) is 10.8. The topological polar surface area (TPSA) is 118 Å². The van der Waals surface area contributed by atoms with Gasteiger partial charge in [0.25, 0.3) is 0 Å². The molecular formula is C30H48O6. The van der Waals surface area contributed by atoms with Crippen LogP contribution in [0.3, 0.4) is 0 Å². The lowest BCUT2D eigenvalue weighted by molar-refractivity contribution is -0.231. The highest BCUT2D eigenvalue weighted by Gasteiger charge is 2.72. The van der Waals surface area contributed by atoms with Crippen molar-refractivity contribution in [2.24, 2.45) is 50.2 Å². The van der Waals surface area contributed by atoms with E-state index < -0.39 is 40.5 Å². The van der Waals surface area contributed by atoms with Gasteiger partial charge in [-0.2, -0.15) is 0 Å². The molecule has 5 rings (SSSR count). The van der Waals surface area contributed by atoms with Crippen molar-refractivity contribution in [1.29, 1.82) is 0 Å². The minimum Gasteiger partial charge on any atom is -0.481 e. The van der Waals surface area contributed by atoms with Crippen LogP contribution in [0.2, 0.25) is 0 Å². The Hall–Kier alpha value is -0.950. The zero-order chi connectivity index (χ0) is 26.7. The molecular weight excluding hydrogens is 456 g/mol. The first kappa shape index (κ1) is 26.6. The number of carboxylic acid groups (broad SMARTS) is 1. The van der Waals surface area contributed by atoms with E-state index in [0.717, 1.165) is 25.7 Å². The number of aliphatic hydroxyl groups excluding tert-OH is 4. The van der Waals surface area contributed by atoms with E-state index in [0.29, 0.717) is 31.6 Å². The number of hydrogen-bond donors (Lipinski definition) is 5. The van der Waals surface area contributed by atoms with Crippen molar-refractivity contribution in [1.82, 2.24) is 0 Å². The minimum absolute atomic E-state index is 0.00524. The second-order valence-corrected chi connectivity index (χ2v) is 15.0. The van der Waals surface area contributed by atoms with Gasteiger partial charge in [0.2, 0.25) is 0 Å². The van der Waals surface area contributed by atoms with Gasteiger partial charge in [0.1, 0.15) is 5.41 Å². The number of aliphatic carboxylic acids is 1. The van der Waals surface area contributed by atoms with Crippen molar-refractivity contribution in [3.05, 3.63) is 11.6 Å². The largest absolute Gasteiger partial charge is 0.481 e. The molecule has 0 aromatic rings. The Kier molecular flexibility index (Phi) is 5.77. The van der Waals surface area contributed by atoms with Crippen LogP contribution in [0.4, 0.5) is 0 Å². The van der Waals surface area contributed by atoms with Gasteiger partial charge >= 0.3 is 5.97 Å². The number of carboxylic acids is 1. The van der Waals surface area contributed by atoms with E-state index in [-0.39, 0.29) is 34.7 Å². The average Bonchev–Trinajstić information content (AvgIpc) is 2.80. The molecule has 5 aliphatic carbocycles. The Labute approximate surface area is 216 Å². The highest BCUT2D eigenvalue weighted by atomic mass is 16.4. The molecule has 0 aromatic heterocycles. The summed E-state index contributed by atoms with van der Waals surface area (Å²) in [7, 11) is 0. The lowest BCUT2D eigenvalue weighted by Crippen LogP contribution is -2.69. The van der Waals surface area contributed by atoms with Crippen LogP contribution in [0.25, 0.3) is 0 Å². The van der Waals surface area contributed by atoms with Crippen LogP contribution in [-0.4, -0.2) is 56.4 Å². The SMILES string of the molecule is CC1(C)CC2C3=CCC4C5(C)CCC(O)C(C)(CO)C5CCC4(C)C3(C)CCC2(C(=O)O)C(O)C1O. The van der Waals surface area contributed by atoms with Gasteiger partial charge < -0.3 is 25.5 Å². The number of hydrogen-bond acceptors (Lipinski definition) is 5. The minimum atomic E-state index is -1.35. The molecule has 6 nitrogen and oxygen atoms in total. The molecule has 11 unspecified atom stereocenters. The van der Waals surface area contributed by atoms with E-state index in [4.69, 9.17) is 0 Å². The second-order valence-electron chi connectivity index (χ2n) is 15.0. The van der Waals surface area contributed by atoms with Gasteiger partial charge in [0, 0.05) is 5.41 Å². The van der Waals surface area contributed by atoms with Crippen molar-refractivity contribution in [3.8, 4) is 0 Å². The quantitative estimate of drug-likeness (QED) is 0.361. The monoisotopic (exact) mass is 504 g/mol. The van der Waals surface area contributed by atoms with Crippen LogP contribution >= 0.6 is 0 Å². The summed E-state index contributed by atoms with van der Waals surface area (Å²) in [6.07, 6.45) is 5.50. The van der Waals surface area contributed by atoms with Gasteiger partial charge in [0.15, 0.2) is 0 Å². The molecule has 36 heavy (non-hydrogen) atoms. The van der Waals surface area contributed by atoms with Crippen molar-refractivity contribution in [3.63, 3.8) is 0 Å². The number of aliphatic hydroxyl groups is 4. The van der Waals surface area contributed by atoms with Crippen LogP contribution < -0.4 is 0 Å². The maximum absolute atomic E-state index is 12.8. The van der Waals surface area contributed by atoms with Gasteiger partial charge in [-0.1, -0.05) is 53.2 Å². The third-order valence-corrected chi connectivity index (χ3v) is 13.4. The van der Waals surface area contributed by atoms with Gasteiger partial charge in [-0.05, 0) is 90.8 Å². The Balaban J connectivity index is 1.62. The Morgan fingerprint density at radius 3 is 2.19 bits per heavy atom. The first-order valence-corrected chi connectivity index (χ1v) is 14.2. The Morgan fingerprint density at radius 1 is 0.917 bits per heavy atom. The lowest BCUT2D eigenvalue weighted by Gasteiger charge is -2.71. The van der Waals surface area contributed by atoms with Gasteiger partial charge in [-0.25, -0.2) is 0 Å². The highest BCUT2D eigenvalue weighted by Crippen LogP contribution is 2.75. The van der Waals surface area contributed by atoms with Crippen LogP contribution in [-0.2, 0) is 4.79 Å². The third-order valence-electron chi connectivity index (χ3n) is 13.4. The van der Waals surface area contributed by atoms with Gasteiger partial charge in [-0.3, -0.25) is 4.79 Å². The molecule has 4 fully saturated rings. The summed E-state index contributed by atoms with van der Waals surface area (Å²) >= 11 is 0. The van der Waals surface area contributed by atoms with E-state index in [2.05, 4.69) is 33.8 Å². The maximum atomic E-state index is 12.8. The normalized spacial score (nSPS) is 55.9. The third kappa shape index (κ3) is 2.91. The molecule has 0 aromatic carbocycles. The number of fused-ring (bicyclic) bond motifs is 7. The van der Waals surface area contributed by atoms with Crippen molar-refractivity contribution in [2.75, 3.05) is 6.61 Å². The van der Waals surface area contributed by atoms with E-state index in [1.165, 1.54) is 5.57 Å². The molecule has 204 valence electrons. The molecule has 4 saturated carbocycles. The van der Waals surface area contributed by atoms with Gasteiger partial charge in [0.05, 0.1) is 24.9 Å². The molecule has 0 spiro atoms.